The molecular weight excluding hydrogens is 411 g/mol. The summed E-state index contributed by atoms with van der Waals surface area (Å²) in [6.07, 6.45) is 1.32. The second-order valence-corrected chi connectivity index (χ2v) is 8.39. The first kappa shape index (κ1) is 20.9. The Hall–Kier alpha value is -2.37. The maximum Gasteiger partial charge on any atom is 0.295 e. The number of halogens is 2. The highest BCUT2D eigenvalue weighted by molar-refractivity contribution is 7.18. The molecule has 1 saturated heterocycles. The van der Waals surface area contributed by atoms with E-state index in [1.807, 2.05) is 0 Å². The Labute approximate surface area is 175 Å². The summed E-state index contributed by atoms with van der Waals surface area (Å²) >= 11 is 0. The van der Waals surface area contributed by atoms with Gasteiger partial charge in [0.15, 0.2) is 11.4 Å². The van der Waals surface area contributed by atoms with Gasteiger partial charge in [-0.25, -0.2) is 0 Å². The van der Waals surface area contributed by atoms with Crippen LogP contribution in [0.15, 0.2) is 36.4 Å². The first-order valence-electron chi connectivity index (χ1n) is 9.73. The van der Waals surface area contributed by atoms with Crippen LogP contribution in [0.3, 0.4) is 0 Å². The van der Waals surface area contributed by atoms with Crippen molar-refractivity contribution in [3.8, 4) is 16.9 Å². The second-order valence-electron chi connectivity index (χ2n) is 7.66. The lowest BCUT2D eigenvalue weighted by atomic mass is 9.90. The number of carbonyl (C=O) groups excluding carboxylic acids is 2. The van der Waals surface area contributed by atoms with Gasteiger partial charge in [-0.3, -0.25) is 9.59 Å². The van der Waals surface area contributed by atoms with Crippen LogP contribution < -0.4 is 4.74 Å². The third-order valence-electron chi connectivity index (χ3n) is 5.75. The zero-order valence-electron chi connectivity index (χ0n) is 16.5. The lowest BCUT2D eigenvalue weighted by Crippen LogP contribution is -2.40. The van der Waals surface area contributed by atoms with E-state index < -0.39 is 11.3 Å². The number of aliphatic hydroxyl groups is 1. The molecule has 1 fully saturated rings. The molecule has 2 aromatic carbocycles. The molecule has 2 aliphatic rings. The quantitative estimate of drug-likeness (QED) is 0.559. The van der Waals surface area contributed by atoms with Crippen LogP contribution >= 0.6 is 9.24 Å². The molecule has 1 N–H and O–H groups in total. The molecule has 0 saturated carbocycles. The Morgan fingerprint density at radius 1 is 1.30 bits per heavy atom. The Kier molecular flexibility index (Phi) is 5.15. The summed E-state index contributed by atoms with van der Waals surface area (Å²) in [7, 11) is 1.41. The largest absolute Gasteiger partial charge is 0.492 e. The topological polar surface area (TPSA) is 66.8 Å². The SMILES string of the molecule is CC(=O)c1cc(OCCN2CCCC2=O)cc2c1-c1ccccc1C2(O)C(F)(F)P. The van der Waals surface area contributed by atoms with E-state index in [4.69, 9.17) is 4.74 Å². The van der Waals surface area contributed by atoms with Crippen LogP contribution in [0, 0.1) is 0 Å². The van der Waals surface area contributed by atoms with E-state index in [0.29, 0.717) is 30.6 Å². The molecular formula is C22H22F2NO4P. The molecule has 2 unspecified atom stereocenters. The standard InChI is InChI=1S/C22H22F2NO4P/c1-13(26)16-11-14(29-10-9-25-8-4-7-19(25)27)12-18-20(16)15-5-2-3-6-17(15)21(18,28)22(23,24)30/h2-3,5-6,11-12,28H,4,7-10,30H2,1H3. The van der Waals surface area contributed by atoms with Crippen LogP contribution in [0.25, 0.3) is 11.1 Å². The van der Waals surface area contributed by atoms with E-state index in [0.717, 1.165) is 6.42 Å². The fraction of sp³-hybridized carbons (Fsp3) is 0.364. The zero-order valence-corrected chi connectivity index (χ0v) is 17.6. The summed E-state index contributed by atoms with van der Waals surface area (Å²) in [4.78, 5) is 25.8. The molecule has 2 aromatic rings. The van der Waals surface area contributed by atoms with Crippen molar-refractivity contribution in [1.82, 2.24) is 4.90 Å². The van der Waals surface area contributed by atoms with E-state index in [2.05, 4.69) is 0 Å². The Bertz CT molecular complexity index is 1040. The molecule has 1 aliphatic carbocycles. The minimum absolute atomic E-state index is 0.0438. The molecule has 0 bridgehead atoms. The summed E-state index contributed by atoms with van der Waals surface area (Å²) in [6, 6.07) is 9.19. The number of alkyl halides is 2. The predicted octanol–water partition coefficient (Wildman–Crippen LogP) is 3.57. The van der Waals surface area contributed by atoms with E-state index in [1.165, 1.54) is 34.4 Å². The second kappa shape index (κ2) is 7.40. The minimum atomic E-state index is -3.58. The Balaban J connectivity index is 1.76. The van der Waals surface area contributed by atoms with E-state index >= 15 is 0 Å². The molecule has 1 aliphatic heterocycles. The van der Waals surface area contributed by atoms with Crippen molar-refractivity contribution >= 4 is 20.9 Å². The highest BCUT2D eigenvalue weighted by Gasteiger charge is 2.57. The van der Waals surface area contributed by atoms with Crippen LogP contribution in [0.4, 0.5) is 8.78 Å². The van der Waals surface area contributed by atoms with Gasteiger partial charge in [0.1, 0.15) is 12.4 Å². The maximum atomic E-state index is 14.7. The number of benzene rings is 2. The number of ether oxygens (including phenoxy) is 1. The molecule has 4 rings (SSSR count). The van der Waals surface area contributed by atoms with Crippen LogP contribution in [0.2, 0.25) is 0 Å². The van der Waals surface area contributed by atoms with Gasteiger partial charge in [0.05, 0.1) is 6.54 Å². The van der Waals surface area contributed by atoms with Crippen LogP contribution in [-0.2, 0) is 10.4 Å². The number of hydrogen-bond acceptors (Lipinski definition) is 4. The summed E-state index contributed by atoms with van der Waals surface area (Å²) in [5, 5.41) is 11.2. The maximum absolute atomic E-state index is 14.7. The minimum Gasteiger partial charge on any atom is -0.492 e. The van der Waals surface area contributed by atoms with Gasteiger partial charge in [-0.2, -0.15) is 8.78 Å². The Morgan fingerprint density at radius 3 is 2.67 bits per heavy atom. The first-order chi connectivity index (χ1) is 14.1. The molecule has 5 nitrogen and oxygen atoms in total. The summed E-state index contributed by atoms with van der Waals surface area (Å²) in [5.74, 6) is -0.0620. The third kappa shape index (κ3) is 3.21. The molecule has 0 spiro atoms. The molecule has 1 heterocycles. The molecule has 0 radical (unpaired) electrons. The van der Waals surface area contributed by atoms with Crippen molar-refractivity contribution in [2.45, 2.75) is 31.0 Å². The van der Waals surface area contributed by atoms with Gasteiger partial charge in [-0.1, -0.05) is 33.5 Å². The number of rotatable bonds is 6. The van der Waals surface area contributed by atoms with Gasteiger partial charge in [0, 0.05) is 29.7 Å². The molecule has 0 aromatic heterocycles. The normalized spacial score (nSPS) is 20.3. The average molecular weight is 433 g/mol. The van der Waals surface area contributed by atoms with Gasteiger partial charge in [-0.15, -0.1) is 0 Å². The summed E-state index contributed by atoms with van der Waals surface area (Å²) < 4.78 is 35.1. The zero-order chi connectivity index (χ0) is 21.7. The number of Topliss-reactive ketones (excluding diaryl/α,β-unsaturated/α-hetero) is 1. The van der Waals surface area contributed by atoms with Crippen molar-refractivity contribution in [1.29, 1.82) is 0 Å². The monoisotopic (exact) mass is 433 g/mol. The number of amides is 1. The summed E-state index contributed by atoms with van der Waals surface area (Å²) in [5.41, 5.74) is -5.31. The number of ketones is 1. The van der Waals surface area contributed by atoms with Gasteiger partial charge in [0.2, 0.25) is 5.91 Å². The number of likely N-dealkylation sites (tertiary alicyclic amines) is 1. The lowest BCUT2D eigenvalue weighted by molar-refractivity contribution is -0.128. The highest BCUT2D eigenvalue weighted by Crippen LogP contribution is 2.58. The number of carbonyl (C=O) groups is 2. The summed E-state index contributed by atoms with van der Waals surface area (Å²) in [6.45, 7) is 2.54. The lowest BCUT2D eigenvalue weighted by Gasteiger charge is -2.32. The molecule has 1 amide bonds. The van der Waals surface area contributed by atoms with Crippen LogP contribution in [0.1, 0.15) is 41.3 Å². The van der Waals surface area contributed by atoms with Crippen molar-refractivity contribution in [3.05, 3.63) is 53.1 Å². The number of hydrogen-bond donors (Lipinski definition) is 1. The molecule has 30 heavy (non-hydrogen) atoms. The third-order valence-corrected chi connectivity index (χ3v) is 6.17. The fourth-order valence-electron chi connectivity index (χ4n) is 4.29. The predicted molar refractivity (Wildman–Crippen MR) is 111 cm³/mol. The van der Waals surface area contributed by atoms with Crippen molar-refractivity contribution < 1.29 is 28.2 Å². The number of fused-ring (bicyclic) bond motifs is 3. The van der Waals surface area contributed by atoms with Gasteiger partial charge >= 0.3 is 0 Å². The first-order valence-corrected chi connectivity index (χ1v) is 10.3. The van der Waals surface area contributed by atoms with Crippen LogP contribution in [0.5, 0.6) is 5.75 Å². The van der Waals surface area contributed by atoms with Crippen molar-refractivity contribution in [2.75, 3.05) is 19.7 Å². The molecule has 8 heteroatoms. The molecule has 2 atom stereocenters. The molecule has 158 valence electrons. The van der Waals surface area contributed by atoms with Gasteiger partial charge < -0.3 is 14.7 Å². The highest BCUT2D eigenvalue weighted by atomic mass is 31.0. The van der Waals surface area contributed by atoms with Gasteiger partial charge in [-0.05, 0) is 36.6 Å². The van der Waals surface area contributed by atoms with Crippen LogP contribution in [-0.4, -0.2) is 47.1 Å². The average Bonchev–Trinajstić information content (AvgIpc) is 3.21. The van der Waals surface area contributed by atoms with Crippen molar-refractivity contribution in [2.24, 2.45) is 0 Å². The Morgan fingerprint density at radius 2 is 2.03 bits per heavy atom. The van der Waals surface area contributed by atoms with Crippen molar-refractivity contribution in [3.63, 3.8) is 0 Å². The van der Waals surface area contributed by atoms with E-state index in [9.17, 15) is 23.5 Å². The number of nitrogens with zero attached hydrogens (tertiary/aromatic N) is 1. The smallest absolute Gasteiger partial charge is 0.295 e. The van der Waals surface area contributed by atoms with E-state index in [-0.39, 0.29) is 40.7 Å². The van der Waals surface area contributed by atoms with Gasteiger partial charge in [0.25, 0.3) is 5.66 Å². The fourth-order valence-corrected chi connectivity index (χ4v) is 4.60. The van der Waals surface area contributed by atoms with E-state index in [1.54, 1.807) is 23.1 Å².